The van der Waals surface area contributed by atoms with Gasteiger partial charge in [0.05, 0.1) is 11.0 Å². The minimum atomic E-state index is -0.650. The molecule has 0 unspecified atom stereocenters. The minimum Gasteiger partial charge on any atom is -0.481 e. The molecule has 6 atom stereocenters. The third kappa shape index (κ3) is 2.30. The molecule has 0 aromatic rings. The van der Waals surface area contributed by atoms with E-state index in [1.165, 1.54) is 0 Å². The molecule has 130 valence electrons. The zero-order chi connectivity index (χ0) is 17.1. The molecule has 0 bridgehead atoms. The third-order valence-corrected chi connectivity index (χ3v) is 7.98. The Kier molecular flexibility index (Phi) is 3.76. The summed E-state index contributed by atoms with van der Waals surface area (Å²) < 4.78 is 0. The average molecular weight is 320 g/mol. The Bertz CT molecular complexity index is 529. The van der Waals surface area contributed by atoms with Crippen LogP contribution in [0.2, 0.25) is 0 Å². The molecular formula is C20H32O3. The summed E-state index contributed by atoms with van der Waals surface area (Å²) in [5, 5.41) is 21.3. The largest absolute Gasteiger partial charge is 0.481 e. The second-order valence-electron chi connectivity index (χ2n) is 9.40. The number of carboxylic acids is 1. The summed E-state index contributed by atoms with van der Waals surface area (Å²) in [5.41, 5.74) is -1.32. The van der Waals surface area contributed by atoms with E-state index in [1.54, 1.807) is 0 Å². The normalized spacial score (nSPS) is 53.0. The van der Waals surface area contributed by atoms with Crippen LogP contribution in [-0.2, 0) is 4.79 Å². The number of carboxylic acid groups (broad SMARTS) is 1. The second-order valence-corrected chi connectivity index (χ2v) is 9.40. The first-order chi connectivity index (χ1) is 10.6. The van der Waals surface area contributed by atoms with E-state index >= 15 is 0 Å². The first kappa shape index (κ1) is 17.0. The predicted octanol–water partition coefficient (Wildman–Crippen LogP) is 4.40. The van der Waals surface area contributed by atoms with Gasteiger partial charge in [0.1, 0.15) is 0 Å². The van der Waals surface area contributed by atoms with Crippen molar-refractivity contribution in [1.82, 2.24) is 0 Å². The molecule has 3 nitrogen and oxygen atoms in total. The van der Waals surface area contributed by atoms with Crippen molar-refractivity contribution in [3.8, 4) is 0 Å². The molecule has 0 aromatic carbocycles. The Morgan fingerprint density at radius 2 is 1.74 bits per heavy atom. The van der Waals surface area contributed by atoms with Gasteiger partial charge in [-0.15, -0.1) is 6.58 Å². The second kappa shape index (κ2) is 5.08. The molecule has 3 saturated carbocycles. The number of hydrogen-bond donors (Lipinski definition) is 2. The number of carbonyl (C=O) groups is 1. The zero-order valence-corrected chi connectivity index (χ0v) is 14.9. The van der Waals surface area contributed by atoms with Gasteiger partial charge in [0, 0.05) is 0 Å². The molecule has 23 heavy (non-hydrogen) atoms. The van der Waals surface area contributed by atoms with Crippen molar-refractivity contribution in [2.75, 3.05) is 0 Å². The van der Waals surface area contributed by atoms with E-state index in [4.69, 9.17) is 0 Å². The fourth-order valence-electron chi connectivity index (χ4n) is 6.66. The summed E-state index contributed by atoms with van der Waals surface area (Å²) in [6.45, 7) is 10.4. The lowest BCUT2D eigenvalue weighted by Gasteiger charge is -2.64. The van der Waals surface area contributed by atoms with Crippen LogP contribution in [-0.4, -0.2) is 21.8 Å². The van der Waals surface area contributed by atoms with Gasteiger partial charge < -0.3 is 10.2 Å². The lowest BCUT2D eigenvalue weighted by atomic mass is 9.42. The maximum Gasteiger partial charge on any atom is 0.309 e. The van der Waals surface area contributed by atoms with E-state index in [2.05, 4.69) is 20.4 Å². The van der Waals surface area contributed by atoms with E-state index in [9.17, 15) is 15.0 Å². The molecule has 0 heterocycles. The molecule has 0 amide bonds. The highest BCUT2D eigenvalue weighted by Gasteiger charge is 2.64. The number of hydrogen-bond acceptors (Lipinski definition) is 2. The number of allylic oxidation sites excluding steroid dienone is 1. The Morgan fingerprint density at radius 1 is 1.09 bits per heavy atom. The van der Waals surface area contributed by atoms with E-state index in [0.717, 1.165) is 51.4 Å². The molecule has 0 spiro atoms. The molecule has 0 radical (unpaired) electrons. The van der Waals surface area contributed by atoms with Crippen LogP contribution in [0.3, 0.4) is 0 Å². The van der Waals surface area contributed by atoms with Crippen molar-refractivity contribution in [2.24, 2.45) is 28.1 Å². The Labute approximate surface area is 140 Å². The fourth-order valence-corrected chi connectivity index (χ4v) is 6.66. The van der Waals surface area contributed by atoms with Gasteiger partial charge in [-0.1, -0.05) is 26.3 Å². The van der Waals surface area contributed by atoms with Crippen molar-refractivity contribution in [3.05, 3.63) is 12.7 Å². The van der Waals surface area contributed by atoms with Crippen LogP contribution < -0.4 is 0 Å². The zero-order valence-electron chi connectivity index (χ0n) is 14.9. The SMILES string of the molecule is C=C[C@@]1(C)CC[C@@H]2[C@](O)(CC[C@H]3[C@@]2(C)CCC[C@]3(C)C(=O)O)C1. The van der Waals surface area contributed by atoms with Gasteiger partial charge >= 0.3 is 5.97 Å². The van der Waals surface area contributed by atoms with Crippen molar-refractivity contribution in [3.63, 3.8) is 0 Å². The maximum absolute atomic E-state index is 12.0. The predicted molar refractivity (Wildman–Crippen MR) is 91.0 cm³/mol. The summed E-state index contributed by atoms with van der Waals surface area (Å²) in [7, 11) is 0. The number of aliphatic carboxylic acids is 1. The molecule has 0 aliphatic heterocycles. The molecule has 0 aromatic heterocycles. The monoisotopic (exact) mass is 320 g/mol. The van der Waals surface area contributed by atoms with Crippen LogP contribution in [0.15, 0.2) is 12.7 Å². The van der Waals surface area contributed by atoms with Crippen molar-refractivity contribution in [2.45, 2.75) is 77.7 Å². The van der Waals surface area contributed by atoms with Crippen LogP contribution in [0.25, 0.3) is 0 Å². The molecule has 2 N–H and O–H groups in total. The van der Waals surface area contributed by atoms with Crippen LogP contribution >= 0.6 is 0 Å². The van der Waals surface area contributed by atoms with E-state index < -0.39 is 17.0 Å². The van der Waals surface area contributed by atoms with Crippen molar-refractivity contribution in [1.29, 1.82) is 0 Å². The first-order valence-electron chi connectivity index (χ1n) is 9.19. The summed E-state index contributed by atoms with van der Waals surface area (Å²) in [4.78, 5) is 12.0. The molecule has 3 aliphatic carbocycles. The molecule has 3 fully saturated rings. The molecule has 0 saturated heterocycles. The number of aliphatic hydroxyl groups is 1. The Balaban J connectivity index is 1.97. The van der Waals surface area contributed by atoms with Crippen molar-refractivity contribution >= 4 is 5.97 Å². The molecule has 3 rings (SSSR count). The summed E-state index contributed by atoms with van der Waals surface area (Å²) in [6.07, 6.45) is 9.19. The van der Waals surface area contributed by atoms with Gasteiger partial charge in [-0.05, 0) is 74.5 Å². The van der Waals surface area contributed by atoms with Gasteiger partial charge in [-0.3, -0.25) is 4.79 Å². The highest BCUT2D eigenvalue weighted by Crippen LogP contribution is 2.66. The van der Waals surface area contributed by atoms with Gasteiger partial charge in [-0.2, -0.15) is 0 Å². The lowest BCUT2D eigenvalue weighted by Crippen LogP contribution is -2.62. The fraction of sp³-hybridized carbons (Fsp3) is 0.850. The molecule has 3 aliphatic rings. The van der Waals surface area contributed by atoms with Gasteiger partial charge in [0.2, 0.25) is 0 Å². The minimum absolute atomic E-state index is 0.0131. The highest BCUT2D eigenvalue weighted by atomic mass is 16.4. The van der Waals surface area contributed by atoms with Crippen LogP contribution in [0.1, 0.15) is 72.1 Å². The summed E-state index contributed by atoms with van der Waals surface area (Å²) in [6, 6.07) is 0. The Hall–Kier alpha value is -0.830. The Morgan fingerprint density at radius 3 is 2.35 bits per heavy atom. The van der Waals surface area contributed by atoms with Crippen LogP contribution in [0.5, 0.6) is 0 Å². The number of rotatable bonds is 2. The average Bonchev–Trinajstić information content (AvgIpc) is 2.45. The van der Waals surface area contributed by atoms with E-state index in [0.29, 0.717) is 0 Å². The smallest absolute Gasteiger partial charge is 0.309 e. The maximum atomic E-state index is 12.0. The van der Waals surface area contributed by atoms with Crippen molar-refractivity contribution < 1.29 is 15.0 Å². The lowest BCUT2D eigenvalue weighted by molar-refractivity contribution is -0.212. The number of fused-ring (bicyclic) bond motifs is 3. The van der Waals surface area contributed by atoms with Gasteiger partial charge in [0.15, 0.2) is 0 Å². The van der Waals surface area contributed by atoms with Crippen LogP contribution in [0.4, 0.5) is 0 Å². The standard InChI is InChI=1S/C20H32O3/c1-5-17(2)11-7-15-18(3)9-6-10-19(4,16(21)22)14(18)8-12-20(15,23)13-17/h5,14-15,23H,1,6-13H2,2-4H3,(H,21,22)/t14-,15-,17-,18+,19-,20-/m0/s1. The summed E-state index contributed by atoms with van der Waals surface area (Å²) in [5.74, 6) is -0.244. The molecule has 3 heteroatoms. The van der Waals surface area contributed by atoms with Gasteiger partial charge in [0.25, 0.3) is 0 Å². The molecular weight excluding hydrogens is 288 g/mol. The van der Waals surface area contributed by atoms with Gasteiger partial charge in [-0.25, -0.2) is 0 Å². The summed E-state index contributed by atoms with van der Waals surface area (Å²) >= 11 is 0. The topological polar surface area (TPSA) is 57.5 Å². The van der Waals surface area contributed by atoms with Crippen LogP contribution in [0, 0.1) is 28.1 Å². The van der Waals surface area contributed by atoms with E-state index in [1.807, 2.05) is 13.0 Å². The third-order valence-electron chi connectivity index (χ3n) is 7.98. The van der Waals surface area contributed by atoms with E-state index in [-0.39, 0.29) is 22.7 Å². The quantitative estimate of drug-likeness (QED) is 0.741. The first-order valence-corrected chi connectivity index (χ1v) is 9.19. The highest BCUT2D eigenvalue weighted by molar-refractivity contribution is 5.75.